The van der Waals surface area contributed by atoms with E-state index in [1.807, 2.05) is 6.92 Å². The number of hydrogen-bond donors (Lipinski definition) is 1. The molecule has 0 aliphatic carbocycles. The first-order chi connectivity index (χ1) is 10.0. The summed E-state index contributed by atoms with van der Waals surface area (Å²) in [5.74, 6) is 1.48. The maximum Gasteiger partial charge on any atom is 0.292 e. The van der Waals surface area contributed by atoms with E-state index in [0.29, 0.717) is 23.1 Å². The molecule has 21 heavy (non-hydrogen) atoms. The molecule has 7 nitrogen and oxygen atoms in total. The molecule has 0 spiro atoms. The normalized spacial score (nSPS) is 10.0. The summed E-state index contributed by atoms with van der Waals surface area (Å²) in [5.41, 5.74) is 1.13. The van der Waals surface area contributed by atoms with Gasteiger partial charge in [-0.3, -0.25) is 10.1 Å². The van der Waals surface area contributed by atoms with Crippen LogP contribution in [-0.2, 0) is 0 Å². The van der Waals surface area contributed by atoms with Gasteiger partial charge in [-0.2, -0.15) is 0 Å². The Kier molecular flexibility index (Phi) is 4.22. The molecule has 110 valence electrons. The predicted molar refractivity (Wildman–Crippen MR) is 78.2 cm³/mol. The number of hydrogen-bond acceptors (Lipinski definition) is 6. The van der Waals surface area contributed by atoms with Crippen LogP contribution < -0.4 is 14.8 Å². The number of nitro groups is 1. The Morgan fingerprint density at radius 1 is 1.24 bits per heavy atom. The van der Waals surface area contributed by atoms with Crippen molar-refractivity contribution >= 4 is 11.4 Å². The summed E-state index contributed by atoms with van der Waals surface area (Å²) < 4.78 is 10.8. The number of aromatic nitrogens is 1. The summed E-state index contributed by atoms with van der Waals surface area (Å²) in [6.45, 7) is 1.82. The molecule has 0 aliphatic rings. The van der Waals surface area contributed by atoms with Crippen LogP contribution in [-0.4, -0.2) is 24.1 Å². The fourth-order valence-electron chi connectivity index (χ4n) is 1.85. The molecule has 0 amide bonds. The van der Waals surface area contributed by atoms with Gasteiger partial charge in [0.15, 0.2) is 0 Å². The van der Waals surface area contributed by atoms with E-state index in [0.717, 1.165) is 5.69 Å². The molecule has 1 heterocycles. The number of pyridine rings is 1. The number of nitro benzene ring substituents is 1. The average molecular weight is 289 g/mol. The molecule has 2 rings (SSSR count). The molecule has 0 radical (unpaired) electrons. The highest BCUT2D eigenvalue weighted by atomic mass is 16.6. The Morgan fingerprint density at radius 2 is 2.00 bits per heavy atom. The van der Waals surface area contributed by atoms with Gasteiger partial charge in [-0.1, -0.05) is 0 Å². The maximum atomic E-state index is 10.9. The van der Waals surface area contributed by atoms with Crippen molar-refractivity contribution in [1.82, 2.24) is 4.98 Å². The van der Waals surface area contributed by atoms with Crippen molar-refractivity contribution in [1.29, 1.82) is 0 Å². The van der Waals surface area contributed by atoms with Gasteiger partial charge in [0, 0.05) is 37.0 Å². The smallest absolute Gasteiger partial charge is 0.292 e. The van der Waals surface area contributed by atoms with E-state index < -0.39 is 4.92 Å². The first-order valence-electron chi connectivity index (χ1n) is 6.20. The second-order valence-electron chi connectivity index (χ2n) is 4.27. The van der Waals surface area contributed by atoms with Gasteiger partial charge in [0.25, 0.3) is 5.69 Å². The minimum absolute atomic E-state index is 0.00617. The molecule has 1 N–H and O–H groups in total. The Morgan fingerprint density at radius 3 is 2.62 bits per heavy atom. The predicted octanol–water partition coefficient (Wildman–Crippen LogP) is 3.14. The van der Waals surface area contributed by atoms with Crippen LogP contribution in [0.25, 0.3) is 0 Å². The highest BCUT2D eigenvalue weighted by Crippen LogP contribution is 2.32. The van der Waals surface area contributed by atoms with Gasteiger partial charge in [-0.15, -0.1) is 0 Å². The number of ether oxygens (including phenoxy) is 2. The number of aryl methyl sites for hydroxylation is 1. The molecule has 0 atom stereocenters. The van der Waals surface area contributed by atoms with Crippen molar-refractivity contribution in [2.75, 3.05) is 19.5 Å². The van der Waals surface area contributed by atoms with Crippen LogP contribution >= 0.6 is 0 Å². The number of nitrogens with zero attached hydrogens (tertiary/aromatic N) is 2. The zero-order chi connectivity index (χ0) is 15.4. The summed E-state index contributed by atoms with van der Waals surface area (Å²) in [6.07, 6.45) is 0. The fraction of sp³-hybridized carbons (Fsp3) is 0.214. The largest absolute Gasteiger partial charge is 0.481 e. The van der Waals surface area contributed by atoms with E-state index in [-0.39, 0.29) is 5.69 Å². The van der Waals surface area contributed by atoms with Crippen LogP contribution in [0.5, 0.6) is 17.4 Å². The first kappa shape index (κ1) is 14.6. The zero-order valence-electron chi connectivity index (χ0n) is 11.9. The van der Waals surface area contributed by atoms with E-state index in [4.69, 9.17) is 9.47 Å². The van der Waals surface area contributed by atoms with Crippen molar-refractivity contribution in [3.63, 3.8) is 0 Å². The third-order valence-electron chi connectivity index (χ3n) is 2.78. The lowest BCUT2D eigenvalue weighted by Gasteiger charge is -2.09. The van der Waals surface area contributed by atoms with Gasteiger partial charge in [-0.25, -0.2) is 4.98 Å². The molecule has 0 bridgehead atoms. The molecule has 0 fully saturated rings. The molecular formula is C14H15N3O4. The maximum absolute atomic E-state index is 10.9. The minimum Gasteiger partial charge on any atom is -0.481 e. The quantitative estimate of drug-likeness (QED) is 0.672. The van der Waals surface area contributed by atoms with Crippen LogP contribution in [0.3, 0.4) is 0 Å². The van der Waals surface area contributed by atoms with E-state index >= 15 is 0 Å². The Bertz CT molecular complexity index is 673. The summed E-state index contributed by atoms with van der Waals surface area (Å²) >= 11 is 0. The molecule has 2 aromatic rings. The Labute approximate surface area is 121 Å². The third kappa shape index (κ3) is 3.38. The lowest BCUT2D eigenvalue weighted by atomic mass is 10.2. The van der Waals surface area contributed by atoms with E-state index in [9.17, 15) is 10.1 Å². The highest BCUT2D eigenvalue weighted by molar-refractivity contribution is 5.64. The number of rotatable bonds is 5. The Hall–Kier alpha value is -2.83. The second kappa shape index (κ2) is 6.08. The summed E-state index contributed by atoms with van der Waals surface area (Å²) in [6, 6.07) is 7.91. The second-order valence-corrected chi connectivity index (χ2v) is 4.27. The molecule has 7 heteroatoms. The molecule has 0 aliphatic heterocycles. The molecule has 1 aromatic heterocycles. The van der Waals surface area contributed by atoms with Crippen LogP contribution in [0, 0.1) is 17.0 Å². The van der Waals surface area contributed by atoms with E-state index in [2.05, 4.69) is 10.3 Å². The first-order valence-corrected chi connectivity index (χ1v) is 6.20. The van der Waals surface area contributed by atoms with Crippen molar-refractivity contribution < 1.29 is 14.4 Å². The Balaban J connectivity index is 2.31. The van der Waals surface area contributed by atoms with E-state index in [1.165, 1.54) is 13.2 Å². The fourth-order valence-corrected chi connectivity index (χ4v) is 1.85. The van der Waals surface area contributed by atoms with Crippen LogP contribution in [0.1, 0.15) is 5.69 Å². The van der Waals surface area contributed by atoms with Gasteiger partial charge in [0.2, 0.25) is 5.88 Å². The van der Waals surface area contributed by atoms with Crippen LogP contribution in [0.2, 0.25) is 0 Å². The molecule has 1 aromatic carbocycles. The van der Waals surface area contributed by atoms with Gasteiger partial charge >= 0.3 is 0 Å². The van der Waals surface area contributed by atoms with Crippen molar-refractivity contribution in [3.8, 4) is 17.4 Å². The summed E-state index contributed by atoms with van der Waals surface area (Å²) in [4.78, 5) is 14.6. The summed E-state index contributed by atoms with van der Waals surface area (Å²) in [7, 11) is 3.14. The van der Waals surface area contributed by atoms with Gasteiger partial charge in [-0.05, 0) is 13.0 Å². The number of anilines is 1. The lowest BCUT2D eigenvalue weighted by molar-refractivity contribution is -0.384. The highest BCUT2D eigenvalue weighted by Gasteiger charge is 2.14. The molecular weight excluding hydrogens is 274 g/mol. The molecule has 0 unspecified atom stereocenters. The third-order valence-corrected chi connectivity index (χ3v) is 2.78. The van der Waals surface area contributed by atoms with Gasteiger partial charge < -0.3 is 14.8 Å². The zero-order valence-corrected chi connectivity index (χ0v) is 11.9. The van der Waals surface area contributed by atoms with Gasteiger partial charge in [0.1, 0.15) is 17.2 Å². The van der Waals surface area contributed by atoms with E-state index in [1.54, 1.807) is 31.3 Å². The van der Waals surface area contributed by atoms with Crippen LogP contribution in [0.15, 0.2) is 30.3 Å². The number of methoxy groups -OCH3 is 1. The number of nitrogens with one attached hydrogen (secondary N) is 1. The average Bonchev–Trinajstić information content (AvgIpc) is 2.46. The standard InChI is InChI=1S/C14H15N3O4/c1-9-6-11(8-14(16-9)20-3)21-10-4-5-13(17(18)19)12(7-10)15-2/h4-8,15H,1-3H3. The lowest BCUT2D eigenvalue weighted by Crippen LogP contribution is -1.97. The van der Waals surface area contributed by atoms with Crippen molar-refractivity contribution in [2.24, 2.45) is 0 Å². The minimum atomic E-state index is -0.449. The SMILES string of the molecule is CNc1cc(Oc2cc(C)nc(OC)c2)ccc1[N+](=O)[O-]. The van der Waals surface area contributed by atoms with Crippen molar-refractivity contribution in [2.45, 2.75) is 6.92 Å². The molecule has 0 saturated carbocycles. The van der Waals surface area contributed by atoms with Crippen molar-refractivity contribution in [3.05, 3.63) is 46.1 Å². The van der Waals surface area contributed by atoms with Crippen LogP contribution in [0.4, 0.5) is 11.4 Å². The molecule has 0 saturated heterocycles. The van der Waals surface area contributed by atoms with Gasteiger partial charge in [0.05, 0.1) is 12.0 Å². The number of benzene rings is 1. The topological polar surface area (TPSA) is 86.5 Å². The monoisotopic (exact) mass is 289 g/mol. The summed E-state index contributed by atoms with van der Waals surface area (Å²) in [5, 5.41) is 13.7.